The second-order valence-corrected chi connectivity index (χ2v) is 18.8. The zero-order chi connectivity index (χ0) is 41.7. The van der Waals surface area contributed by atoms with E-state index >= 15 is 0 Å². The maximum Gasteiger partial charge on any atom is 0.127 e. The molecule has 0 amide bonds. The summed E-state index contributed by atoms with van der Waals surface area (Å²) < 4.78 is 20.5. The van der Waals surface area contributed by atoms with Gasteiger partial charge in [-0.3, -0.25) is 0 Å². The van der Waals surface area contributed by atoms with Crippen molar-refractivity contribution >= 4 is 68.1 Å². The molecule has 0 saturated heterocycles. The number of ether oxygens (including phenoxy) is 3. The number of benzene rings is 6. The van der Waals surface area contributed by atoms with E-state index in [-0.39, 0.29) is 0 Å². The Kier molecular flexibility index (Phi) is 15.9. The van der Waals surface area contributed by atoms with Crippen molar-refractivity contribution in [1.29, 1.82) is 0 Å². The second-order valence-electron chi connectivity index (χ2n) is 14.8. The van der Waals surface area contributed by atoms with Crippen LogP contribution in [0.1, 0.15) is 86.3 Å². The van der Waals surface area contributed by atoms with E-state index in [0.29, 0.717) is 18.4 Å². The maximum atomic E-state index is 6.15. The molecule has 0 aromatic heterocycles. The van der Waals surface area contributed by atoms with Gasteiger partial charge in [0.2, 0.25) is 0 Å². The lowest BCUT2D eigenvalue weighted by atomic mass is 9.97. The van der Waals surface area contributed by atoms with E-state index in [4.69, 9.17) is 26.8 Å². The summed E-state index contributed by atoms with van der Waals surface area (Å²) in [6.07, 6.45) is 4.16. The summed E-state index contributed by atoms with van der Waals surface area (Å²) in [6.45, 7) is 10.3. The molecule has 0 bridgehead atoms. The van der Waals surface area contributed by atoms with Crippen LogP contribution in [0.15, 0.2) is 158 Å². The van der Waals surface area contributed by atoms with E-state index < -0.39 is 0 Å². The van der Waals surface area contributed by atoms with Gasteiger partial charge >= 0.3 is 0 Å². The Labute approximate surface area is 375 Å². The van der Waals surface area contributed by atoms with Crippen LogP contribution in [0.5, 0.6) is 23.0 Å². The standard InChI is InChI=1S/C52H53NO3S4/c1-5-37(4)40-22-24-43(25-23-40)50(49(57)41-14-10-8-11-15-41)58-53-59-51(42-16-12-9-13-17-42)52(60-53)44-20-18-39(19-21-44)34-35-54-45-26-30-47(31-27-45)56-48-32-28-46(29-33-48)55-36-38(6-2)7-3/h8-33,37-38,57H,5-7,34-36H2,1-4H3/b50-49-. The van der Waals surface area contributed by atoms with Crippen LogP contribution in [0.3, 0.4) is 0 Å². The number of hydrogen-bond donors (Lipinski definition) is 1. The quantitative estimate of drug-likeness (QED) is 0.0493. The Morgan fingerprint density at radius 3 is 1.68 bits per heavy atom. The molecule has 60 heavy (non-hydrogen) atoms. The van der Waals surface area contributed by atoms with E-state index in [1.807, 2.05) is 54.6 Å². The summed E-state index contributed by atoms with van der Waals surface area (Å²) in [5.41, 5.74) is 7.24. The first kappa shape index (κ1) is 43.6. The molecule has 4 nitrogen and oxygen atoms in total. The zero-order valence-electron chi connectivity index (χ0n) is 34.8. The minimum atomic E-state index is 0.519. The van der Waals surface area contributed by atoms with Crippen LogP contribution < -0.4 is 14.2 Å². The molecule has 1 atom stereocenters. The fourth-order valence-electron chi connectivity index (χ4n) is 6.67. The third-order valence-corrected chi connectivity index (χ3v) is 15.2. The smallest absolute Gasteiger partial charge is 0.127 e. The van der Waals surface area contributed by atoms with Gasteiger partial charge in [0.1, 0.15) is 23.0 Å². The Hall–Kier alpha value is -4.44. The van der Waals surface area contributed by atoms with Gasteiger partial charge in [0, 0.05) is 26.0 Å². The van der Waals surface area contributed by atoms with Gasteiger partial charge in [-0.25, -0.2) is 0 Å². The average Bonchev–Trinajstić information content (AvgIpc) is 3.74. The van der Waals surface area contributed by atoms with Gasteiger partial charge in [0.25, 0.3) is 0 Å². The predicted molar refractivity (Wildman–Crippen MR) is 263 cm³/mol. The number of hydrogen-bond acceptors (Lipinski definition) is 8. The van der Waals surface area contributed by atoms with Crippen molar-refractivity contribution in [2.24, 2.45) is 5.92 Å². The molecule has 308 valence electrons. The van der Waals surface area contributed by atoms with Crippen molar-refractivity contribution < 1.29 is 14.2 Å². The molecule has 1 unspecified atom stereocenters. The Morgan fingerprint density at radius 1 is 0.583 bits per heavy atom. The van der Waals surface area contributed by atoms with Crippen molar-refractivity contribution in [3.05, 3.63) is 191 Å². The molecule has 0 fully saturated rings. The van der Waals surface area contributed by atoms with Crippen molar-refractivity contribution in [3.8, 4) is 23.0 Å². The van der Waals surface area contributed by atoms with Crippen LogP contribution in [0.4, 0.5) is 0 Å². The Bertz CT molecular complexity index is 2310. The fourth-order valence-corrected chi connectivity index (χ4v) is 10.9. The first-order valence-corrected chi connectivity index (χ1v) is 23.6. The van der Waals surface area contributed by atoms with Crippen LogP contribution in [0.25, 0.3) is 19.6 Å². The molecular weight excluding hydrogens is 815 g/mol. The Morgan fingerprint density at radius 2 is 1.12 bits per heavy atom. The summed E-state index contributed by atoms with van der Waals surface area (Å²) in [5.74, 6) is 4.32. The SMILES string of the molecule is CCC(CC)COc1ccc(Oc2ccc(OCCc3ccc(C4=C(c5ccccc5)SN(S/C(=C(\S)c5ccccc5)c5ccc(C(C)CC)cc5)S4)cc3)cc2)cc1. The summed E-state index contributed by atoms with van der Waals surface area (Å²) in [4.78, 5) is 4.55. The first-order chi connectivity index (χ1) is 29.4. The predicted octanol–water partition coefficient (Wildman–Crippen LogP) is 16.0. The molecule has 1 heterocycles. The third-order valence-electron chi connectivity index (χ3n) is 10.8. The normalized spacial score (nSPS) is 14.0. The number of thiol groups is 1. The molecule has 0 N–H and O–H groups in total. The molecule has 6 aromatic rings. The number of rotatable bonds is 19. The molecular formula is C52H53NO3S4. The molecule has 1 aliphatic rings. The summed E-state index contributed by atoms with van der Waals surface area (Å²) in [6, 6.07) is 54.7. The lowest BCUT2D eigenvalue weighted by Gasteiger charge is -2.18. The number of nitrogens with zero attached hydrogens (tertiary/aromatic N) is 1. The van der Waals surface area contributed by atoms with E-state index in [9.17, 15) is 0 Å². The fraction of sp³-hybridized carbons (Fsp3) is 0.231. The molecule has 0 saturated carbocycles. The monoisotopic (exact) mass is 867 g/mol. The van der Waals surface area contributed by atoms with Crippen LogP contribution in [0.2, 0.25) is 0 Å². The highest BCUT2D eigenvalue weighted by molar-refractivity contribution is 8.36. The maximum absolute atomic E-state index is 6.15. The van der Waals surface area contributed by atoms with Crippen molar-refractivity contribution in [2.75, 3.05) is 13.2 Å². The van der Waals surface area contributed by atoms with Crippen molar-refractivity contribution in [3.63, 3.8) is 0 Å². The van der Waals surface area contributed by atoms with E-state index in [2.05, 4.69) is 134 Å². The zero-order valence-corrected chi connectivity index (χ0v) is 38.1. The highest BCUT2D eigenvalue weighted by Crippen LogP contribution is 2.59. The van der Waals surface area contributed by atoms with Gasteiger partial charge < -0.3 is 14.2 Å². The lowest BCUT2D eigenvalue weighted by Crippen LogP contribution is -2.09. The van der Waals surface area contributed by atoms with Gasteiger partial charge in [-0.15, -0.1) is 15.7 Å². The van der Waals surface area contributed by atoms with E-state index in [1.165, 1.54) is 32.1 Å². The second kappa shape index (κ2) is 21.9. The van der Waals surface area contributed by atoms with Crippen LogP contribution >= 0.6 is 48.5 Å². The highest BCUT2D eigenvalue weighted by Gasteiger charge is 2.29. The minimum Gasteiger partial charge on any atom is -0.493 e. The third kappa shape index (κ3) is 11.7. The van der Waals surface area contributed by atoms with Gasteiger partial charge in [0.05, 0.1) is 13.2 Å². The summed E-state index contributed by atoms with van der Waals surface area (Å²) in [5, 5.41) is 0. The highest BCUT2D eigenvalue weighted by atomic mass is 32.3. The molecule has 0 aliphatic carbocycles. The molecule has 8 heteroatoms. The largest absolute Gasteiger partial charge is 0.493 e. The van der Waals surface area contributed by atoms with Gasteiger partial charge in [-0.1, -0.05) is 150 Å². The molecule has 0 radical (unpaired) electrons. The van der Waals surface area contributed by atoms with Gasteiger partial charge in [-0.05, 0) is 136 Å². The topological polar surface area (TPSA) is 30.9 Å². The summed E-state index contributed by atoms with van der Waals surface area (Å²) in [7, 11) is 0. The minimum absolute atomic E-state index is 0.519. The van der Waals surface area contributed by atoms with E-state index in [1.54, 1.807) is 35.8 Å². The molecule has 0 spiro atoms. The summed E-state index contributed by atoms with van der Waals surface area (Å²) >= 11 is 10.4. The van der Waals surface area contributed by atoms with Crippen molar-refractivity contribution in [1.82, 2.24) is 3.12 Å². The molecule has 6 aromatic carbocycles. The van der Waals surface area contributed by atoms with Crippen LogP contribution in [0, 0.1) is 5.92 Å². The molecule has 1 aliphatic heterocycles. The van der Waals surface area contributed by atoms with E-state index in [0.717, 1.165) is 76.2 Å². The van der Waals surface area contributed by atoms with Gasteiger partial charge in [-0.2, -0.15) is 0 Å². The van der Waals surface area contributed by atoms with Gasteiger partial charge in [0.15, 0.2) is 0 Å². The molecule has 7 rings (SSSR count). The average molecular weight is 868 g/mol. The van der Waals surface area contributed by atoms with Crippen LogP contribution in [-0.2, 0) is 6.42 Å². The van der Waals surface area contributed by atoms with Crippen molar-refractivity contribution in [2.45, 2.75) is 59.3 Å². The Balaban J connectivity index is 0.988. The van der Waals surface area contributed by atoms with Crippen LogP contribution in [-0.4, -0.2) is 16.3 Å². The lowest BCUT2D eigenvalue weighted by molar-refractivity contribution is 0.240. The first-order valence-electron chi connectivity index (χ1n) is 20.9.